The van der Waals surface area contributed by atoms with Crippen molar-refractivity contribution in [2.75, 3.05) is 0 Å². The molecule has 0 aliphatic carbocycles. The van der Waals surface area contributed by atoms with Gasteiger partial charge in [-0.1, -0.05) is 86.7 Å². The Morgan fingerprint density at radius 2 is 1.52 bits per heavy atom. The lowest BCUT2D eigenvalue weighted by molar-refractivity contribution is -0.374. The number of aryl methyl sites for hydroxylation is 1. The zero-order valence-corrected chi connectivity index (χ0v) is 30.7. The second kappa shape index (κ2) is 18.1. The lowest BCUT2D eigenvalue weighted by Crippen LogP contribution is -2.78. The molecule has 2 aromatic carbocycles. The summed E-state index contributed by atoms with van der Waals surface area (Å²) < 4.78 is 22.2. The molecule has 0 aromatic heterocycles. The van der Waals surface area contributed by atoms with Crippen LogP contribution in [0.3, 0.4) is 0 Å². The minimum Gasteiger partial charge on any atom is -0.479 e. The monoisotopic (exact) mass is 754 g/mol. The maximum Gasteiger partial charge on any atom is 0.344 e. The number of aliphatic hydroxyl groups is 2. The van der Waals surface area contributed by atoms with Gasteiger partial charge in [0.2, 0.25) is 23.1 Å². The van der Waals surface area contributed by atoms with Gasteiger partial charge in [-0.05, 0) is 67.9 Å². The minimum atomic E-state index is -3.86. The minimum absolute atomic E-state index is 0.0311. The second-order valence-electron chi connectivity index (χ2n) is 14.2. The summed E-state index contributed by atoms with van der Waals surface area (Å²) in [6.45, 7) is 5.12. The molecular formula is C40H50O14. The highest BCUT2D eigenvalue weighted by molar-refractivity contribution is 5.98. The number of esters is 2. The molecule has 0 spiro atoms. The van der Waals surface area contributed by atoms with Crippen LogP contribution in [-0.4, -0.2) is 96.8 Å². The number of aliphatic carboxylic acids is 3. The predicted molar refractivity (Wildman–Crippen MR) is 191 cm³/mol. The second-order valence-corrected chi connectivity index (χ2v) is 14.2. The molecule has 14 nitrogen and oxygen atoms in total. The van der Waals surface area contributed by atoms with Crippen LogP contribution in [-0.2, 0) is 55.8 Å². The van der Waals surface area contributed by atoms with Crippen LogP contribution in [0.2, 0.25) is 0 Å². The van der Waals surface area contributed by atoms with Crippen molar-refractivity contribution in [3.63, 3.8) is 0 Å². The maximum absolute atomic E-state index is 13.2. The fraction of sp³-hybridized carbons (Fsp3) is 0.525. The molecule has 0 saturated carbocycles. The highest BCUT2D eigenvalue weighted by Gasteiger charge is 2.85. The Hall–Kier alpha value is -4.63. The largest absolute Gasteiger partial charge is 0.479 e. The summed E-state index contributed by atoms with van der Waals surface area (Å²) in [7, 11) is 0. The van der Waals surface area contributed by atoms with E-state index >= 15 is 0 Å². The average Bonchev–Trinajstić information content (AvgIpc) is 3.33. The molecule has 2 fully saturated rings. The normalized spacial score (nSPS) is 27.8. The van der Waals surface area contributed by atoms with Crippen LogP contribution in [0, 0.1) is 11.8 Å². The zero-order valence-electron chi connectivity index (χ0n) is 30.7. The van der Waals surface area contributed by atoms with E-state index in [2.05, 4.69) is 12.1 Å². The van der Waals surface area contributed by atoms with E-state index < -0.39 is 77.7 Å². The first kappa shape index (κ1) is 42.1. The Morgan fingerprint density at radius 3 is 2.09 bits per heavy atom. The van der Waals surface area contributed by atoms with Crippen LogP contribution < -0.4 is 0 Å². The fourth-order valence-electron chi connectivity index (χ4n) is 7.38. The van der Waals surface area contributed by atoms with Gasteiger partial charge in [0, 0.05) is 19.8 Å². The lowest BCUT2D eigenvalue weighted by atomic mass is 9.74. The number of carboxylic acid groups (broad SMARTS) is 3. The molecule has 14 heteroatoms. The number of ether oxygens (including phenoxy) is 4. The van der Waals surface area contributed by atoms with E-state index in [0.717, 1.165) is 24.8 Å². The molecule has 0 amide bonds. The highest BCUT2D eigenvalue weighted by atomic mass is 16.8. The number of hydrogen-bond donors (Lipinski definition) is 5. The molecule has 294 valence electrons. The molecule has 2 aliphatic heterocycles. The standard InChI is InChI=1S/C40H50O14/c1-25(15-12-20-28-16-6-4-7-17-28)14-10-11-22-31(42)52-33-32(43)38(53-34(35(44)45)39(50,36(46)47)40(33,54-38)37(48)49)23-13-21-30(51-27(3)41)26(2)24-29-18-8-5-9-19-29/h4-10,14,16-19,25-26,30,32-34,43,50H,11-13,15,20-24H2,1-3H3,(H,44,45)(H,46,47)(H,48,49)/b14-10+/t25-,26+,30+,32+,33+,34?,38?,39?,40-/m0/s1. The van der Waals surface area contributed by atoms with Gasteiger partial charge in [0.05, 0.1) is 0 Å². The van der Waals surface area contributed by atoms with Crippen molar-refractivity contribution >= 4 is 29.8 Å². The number of rotatable bonds is 20. The van der Waals surface area contributed by atoms with E-state index in [4.69, 9.17) is 18.9 Å². The van der Waals surface area contributed by atoms with Crippen LogP contribution in [0.25, 0.3) is 0 Å². The van der Waals surface area contributed by atoms with E-state index in [1.165, 1.54) is 12.5 Å². The fourth-order valence-corrected chi connectivity index (χ4v) is 7.38. The first-order valence-electron chi connectivity index (χ1n) is 18.2. The highest BCUT2D eigenvalue weighted by Crippen LogP contribution is 2.55. The van der Waals surface area contributed by atoms with Gasteiger partial charge in [0.25, 0.3) is 0 Å². The van der Waals surface area contributed by atoms with Crippen molar-refractivity contribution in [2.45, 2.75) is 120 Å². The van der Waals surface area contributed by atoms with Crippen molar-refractivity contribution < 1.29 is 68.5 Å². The number of benzene rings is 2. The molecule has 54 heavy (non-hydrogen) atoms. The Morgan fingerprint density at radius 1 is 0.889 bits per heavy atom. The van der Waals surface area contributed by atoms with Gasteiger partial charge >= 0.3 is 29.8 Å². The van der Waals surface area contributed by atoms with Crippen molar-refractivity contribution in [2.24, 2.45) is 11.8 Å². The number of allylic oxidation sites excluding steroid dienone is 2. The summed E-state index contributed by atoms with van der Waals surface area (Å²) in [6.07, 6.45) is -1.75. The number of carbonyl (C=O) groups is 5. The summed E-state index contributed by atoms with van der Waals surface area (Å²) in [4.78, 5) is 63.2. The first-order valence-corrected chi connectivity index (χ1v) is 18.2. The van der Waals surface area contributed by atoms with Gasteiger partial charge in [0.1, 0.15) is 12.2 Å². The zero-order chi connectivity index (χ0) is 39.7. The number of aliphatic hydroxyl groups excluding tert-OH is 1. The predicted octanol–water partition coefficient (Wildman–Crippen LogP) is 4.08. The van der Waals surface area contributed by atoms with Gasteiger partial charge in [-0.3, -0.25) is 9.59 Å². The third-order valence-corrected chi connectivity index (χ3v) is 10.2. The van der Waals surface area contributed by atoms with E-state index in [9.17, 15) is 49.5 Å². The molecule has 5 N–H and O–H groups in total. The Labute approximate surface area is 313 Å². The van der Waals surface area contributed by atoms with Gasteiger partial charge in [-0.15, -0.1) is 0 Å². The van der Waals surface area contributed by atoms with Crippen molar-refractivity contribution in [3.05, 3.63) is 83.9 Å². The summed E-state index contributed by atoms with van der Waals surface area (Å²) in [6, 6.07) is 19.4. The van der Waals surface area contributed by atoms with Gasteiger partial charge in [-0.25, -0.2) is 14.4 Å². The van der Waals surface area contributed by atoms with E-state index in [0.29, 0.717) is 6.42 Å². The van der Waals surface area contributed by atoms with E-state index in [-0.39, 0.29) is 37.5 Å². The van der Waals surface area contributed by atoms with Crippen LogP contribution in [0.15, 0.2) is 72.8 Å². The third-order valence-electron chi connectivity index (χ3n) is 10.2. The van der Waals surface area contributed by atoms with Crippen LogP contribution in [0.4, 0.5) is 0 Å². The molecule has 2 saturated heterocycles. The summed E-state index contributed by atoms with van der Waals surface area (Å²) >= 11 is 0. The number of carboxylic acids is 3. The van der Waals surface area contributed by atoms with Gasteiger partial charge in [-0.2, -0.15) is 0 Å². The lowest BCUT2D eigenvalue weighted by Gasteiger charge is -2.48. The topological polar surface area (TPSA) is 223 Å². The molecule has 2 aromatic rings. The number of fused-ring (bicyclic) bond motifs is 2. The molecule has 2 bridgehead atoms. The average molecular weight is 755 g/mol. The quantitative estimate of drug-likeness (QED) is 0.0950. The van der Waals surface area contributed by atoms with E-state index in [1.54, 1.807) is 6.08 Å². The Kier molecular flexibility index (Phi) is 14.1. The third kappa shape index (κ3) is 9.17. The van der Waals surface area contributed by atoms with Crippen molar-refractivity contribution in [1.82, 2.24) is 0 Å². The SMILES string of the molecule is CC(=O)O[C@H](CCCC12OC(C(=O)O)C(O)(C(=O)O)[C@](C(=O)O)(O1)[C@H](OC(=O)CC/C=C/[C@H](C)CCCc1ccccc1)[C@H]2O)[C@H](C)Cc1ccccc1. The summed E-state index contributed by atoms with van der Waals surface area (Å²) in [5.74, 6) is -10.8. The molecular weight excluding hydrogens is 704 g/mol. The number of hydrogen-bond acceptors (Lipinski definition) is 11. The molecule has 3 unspecified atom stereocenters. The van der Waals surface area contributed by atoms with Crippen LogP contribution in [0.5, 0.6) is 0 Å². The van der Waals surface area contributed by atoms with Crippen molar-refractivity contribution in [1.29, 1.82) is 0 Å². The Balaban J connectivity index is 1.51. The van der Waals surface area contributed by atoms with Crippen LogP contribution in [0.1, 0.15) is 76.8 Å². The first-order chi connectivity index (χ1) is 25.6. The van der Waals surface area contributed by atoms with E-state index in [1.807, 2.05) is 68.5 Å². The summed E-state index contributed by atoms with van der Waals surface area (Å²) in [5.41, 5.74) is -5.16. The number of carbonyl (C=O) groups excluding carboxylic acids is 2. The molecule has 2 aliphatic rings. The molecule has 2 heterocycles. The summed E-state index contributed by atoms with van der Waals surface area (Å²) in [5, 5.41) is 53.7. The van der Waals surface area contributed by atoms with Crippen LogP contribution >= 0.6 is 0 Å². The maximum atomic E-state index is 13.2. The molecule has 4 rings (SSSR count). The smallest absolute Gasteiger partial charge is 0.344 e. The Bertz CT molecular complexity index is 1650. The van der Waals surface area contributed by atoms with Gasteiger partial charge in [0.15, 0.2) is 6.10 Å². The molecule has 9 atom stereocenters. The van der Waals surface area contributed by atoms with Crippen molar-refractivity contribution in [3.8, 4) is 0 Å². The van der Waals surface area contributed by atoms with Gasteiger partial charge < -0.3 is 44.5 Å². The molecule has 0 radical (unpaired) electrons.